The first kappa shape index (κ1) is 13.8. The zero-order valence-electron chi connectivity index (χ0n) is 11.3. The summed E-state index contributed by atoms with van der Waals surface area (Å²) in [5.74, 6) is -0.326. The Balaban J connectivity index is 1.95. The van der Waals surface area contributed by atoms with Crippen molar-refractivity contribution >= 4 is 12.0 Å². The van der Waals surface area contributed by atoms with Crippen LogP contribution in [0.1, 0.15) is 12.5 Å². The van der Waals surface area contributed by atoms with Gasteiger partial charge in [-0.1, -0.05) is 30.4 Å². The van der Waals surface area contributed by atoms with E-state index in [1.165, 1.54) is 6.08 Å². The van der Waals surface area contributed by atoms with E-state index in [0.29, 0.717) is 6.61 Å². The number of benzene rings is 1. The minimum absolute atomic E-state index is 0.326. The number of hydrogen-bond donors (Lipinski definition) is 0. The molecule has 4 heteroatoms. The van der Waals surface area contributed by atoms with Crippen molar-refractivity contribution in [3.05, 3.63) is 66.8 Å². The summed E-state index contributed by atoms with van der Waals surface area (Å²) in [5, 5.41) is 0. The Kier molecular flexibility index (Phi) is 4.89. The summed E-state index contributed by atoms with van der Waals surface area (Å²) in [7, 11) is 0. The molecule has 0 saturated carbocycles. The van der Waals surface area contributed by atoms with Gasteiger partial charge in [0.1, 0.15) is 0 Å². The number of nitrogens with zero attached hydrogens (tertiary/aromatic N) is 2. The second-order valence-electron chi connectivity index (χ2n) is 4.03. The third-order valence-electron chi connectivity index (χ3n) is 2.61. The molecule has 102 valence electrons. The van der Waals surface area contributed by atoms with E-state index in [2.05, 4.69) is 4.98 Å². The van der Waals surface area contributed by atoms with E-state index in [-0.39, 0.29) is 5.97 Å². The van der Waals surface area contributed by atoms with Gasteiger partial charge in [0, 0.05) is 24.2 Å². The van der Waals surface area contributed by atoms with E-state index < -0.39 is 0 Å². The van der Waals surface area contributed by atoms with Gasteiger partial charge in [0.2, 0.25) is 0 Å². The number of rotatable bonds is 5. The van der Waals surface area contributed by atoms with Crippen molar-refractivity contribution in [1.82, 2.24) is 9.55 Å². The van der Waals surface area contributed by atoms with E-state index in [1.54, 1.807) is 25.5 Å². The fraction of sp³-hybridized carbons (Fsp3) is 0.125. The SMILES string of the molecule is CCOC(=O)C=CC=Cc1ccc(-n2ccnc2)cc1. The lowest BCUT2D eigenvalue weighted by Gasteiger charge is -2.01. The van der Waals surface area contributed by atoms with Gasteiger partial charge in [0.25, 0.3) is 0 Å². The number of ether oxygens (including phenoxy) is 1. The summed E-state index contributed by atoms with van der Waals surface area (Å²) in [4.78, 5) is 15.1. The number of hydrogen-bond acceptors (Lipinski definition) is 3. The van der Waals surface area contributed by atoms with E-state index in [4.69, 9.17) is 4.74 Å². The van der Waals surface area contributed by atoms with Crippen LogP contribution in [-0.4, -0.2) is 22.1 Å². The molecule has 0 aliphatic heterocycles. The Morgan fingerprint density at radius 1 is 1.30 bits per heavy atom. The maximum absolute atomic E-state index is 11.1. The first-order valence-electron chi connectivity index (χ1n) is 6.39. The summed E-state index contributed by atoms with van der Waals surface area (Å²) in [6, 6.07) is 8.03. The molecule has 0 unspecified atom stereocenters. The van der Waals surface area contributed by atoms with Crippen molar-refractivity contribution in [3.8, 4) is 5.69 Å². The van der Waals surface area contributed by atoms with Crippen molar-refractivity contribution < 1.29 is 9.53 Å². The van der Waals surface area contributed by atoms with Crippen LogP contribution in [0.4, 0.5) is 0 Å². The summed E-state index contributed by atoms with van der Waals surface area (Å²) in [5.41, 5.74) is 2.11. The standard InChI is InChI=1S/C16H16N2O2/c1-2-20-16(19)6-4-3-5-14-7-9-15(10-8-14)18-12-11-17-13-18/h3-13H,2H2,1H3. The topological polar surface area (TPSA) is 44.1 Å². The zero-order chi connectivity index (χ0) is 14.2. The van der Waals surface area contributed by atoms with Crippen molar-refractivity contribution in [2.45, 2.75) is 6.92 Å². The van der Waals surface area contributed by atoms with E-state index in [1.807, 2.05) is 47.2 Å². The van der Waals surface area contributed by atoms with Crippen molar-refractivity contribution in [1.29, 1.82) is 0 Å². The minimum Gasteiger partial charge on any atom is -0.463 e. The highest BCUT2D eigenvalue weighted by atomic mass is 16.5. The number of aromatic nitrogens is 2. The quantitative estimate of drug-likeness (QED) is 0.475. The average molecular weight is 268 g/mol. The molecule has 0 fully saturated rings. The summed E-state index contributed by atoms with van der Waals surface area (Å²) in [6.07, 6.45) is 12.2. The number of carbonyl (C=O) groups excluding carboxylic acids is 1. The smallest absolute Gasteiger partial charge is 0.330 e. The van der Waals surface area contributed by atoms with Crippen LogP contribution in [0.5, 0.6) is 0 Å². The van der Waals surface area contributed by atoms with Crippen LogP contribution in [0.15, 0.2) is 61.2 Å². The maximum Gasteiger partial charge on any atom is 0.330 e. The molecule has 0 spiro atoms. The highest BCUT2D eigenvalue weighted by Gasteiger charge is 1.94. The molecule has 0 N–H and O–H groups in total. The van der Waals surface area contributed by atoms with E-state index in [0.717, 1.165) is 11.3 Å². The highest BCUT2D eigenvalue weighted by molar-refractivity contribution is 5.82. The lowest BCUT2D eigenvalue weighted by molar-refractivity contribution is -0.137. The molecule has 1 aromatic heterocycles. The molecule has 0 bridgehead atoms. The van der Waals surface area contributed by atoms with Crippen molar-refractivity contribution in [3.63, 3.8) is 0 Å². The van der Waals surface area contributed by atoms with E-state index >= 15 is 0 Å². The Morgan fingerprint density at radius 3 is 2.75 bits per heavy atom. The molecule has 4 nitrogen and oxygen atoms in total. The molecule has 2 rings (SSSR count). The van der Waals surface area contributed by atoms with Gasteiger partial charge in [-0.3, -0.25) is 0 Å². The number of esters is 1. The maximum atomic E-state index is 11.1. The lowest BCUT2D eigenvalue weighted by atomic mass is 10.2. The molecule has 0 aliphatic carbocycles. The van der Waals surface area contributed by atoms with Crippen molar-refractivity contribution in [2.75, 3.05) is 6.61 Å². The van der Waals surface area contributed by atoms with Crippen LogP contribution < -0.4 is 0 Å². The predicted octanol–water partition coefficient (Wildman–Crippen LogP) is 3.00. The monoisotopic (exact) mass is 268 g/mol. The molecule has 0 amide bonds. The van der Waals surface area contributed by atoms with Crippen LogP contribution in [0.3, 0.4) is 0 Å². The third-order valence-corrected chi connectivity index (χ3v) is 2.61. The first-order chi connectivity index (χ1) is 9.79. The average Bonchev–Trinajstić information content (AvgIpc) is 2.99. The van der Waals surface area contributed by atoms with Gasteiger partial charge in [-0.25, -0.2) is 9.78 Å². The second kappa shape index (κ2) is 7.09. The largest absolute Gasteiger partial charge is 0.463 e. The van der Waals surface area contributed by atoms with Gasteiger partial charge in [-0.05, 0) is 24.6 Å². The van der Waals surface area contributed by atoms with Gasteiger partial charge in [-0.2, -0.15) is 0 Å². The fourth-order valence-electron chi connectivity index (χ4n) is 1.66. The highest BCUT2D eigenvalue weighted by Crippen LogP contribution is 2.10. The Hall–Kier alpha value is -2.62. The first-order valence-corrected chi connectivity index (χ1v) is 6.39. The Labute approximate surface area is 118 Å². The molecule has 0 aliphatic rings. The molecular weight excluding hydrogens is 252 g/mol. The van der Waals surface area contributed by atoms with E-state index in [9.17, 15) is 4.79 Å². The molecule has 0 radical (unpaired) electrons. The van der Waals surface area contributed by atoms with Gasteiger partial charge < -0.3 is 9.30 Å². The summed E-state index contributed by atoms with van der Waals surface area (Å²) >= 11 is 0. The lowest BCUT2D eigenvalue weighted by Crippen LogP contribution is -1.98. The summed E-state index contributed by atoms with van der Waals surface area (Å²) < 4.78 is 6.72. The normalized spacial score (nSPS) is 11.2. The summed E-state index contributed by atoms with van der Waals surface area (Å²) in [6.45, 7) is 2.17. The molecule has 20 heavy (non-hydrogen) atoms. The molecular formula is C16H16N2O2. The molecule has 2 aromatic rings. The number of imidazole rings is 1. The van der Waals surface area contributed by atoms with Crippen molar-refractivity contribution in [2.24, 2.45) is 0 Å². The van der Waals surface area contributed by atoms with Crippen LogP contribution in [0.25, 0.3) is 11.8 Å². The van der Waals surface area contributed by atoms with Gasteiger partial charge in [0.05, 0.1) is 12.9 Å². The van der Waals surface area contributed by atoms with Gasteiger partial charge in [0.15, 0.2) is 0 Å². The molecule has 1 aromatic carbocycles. The Morgan fingerprint density at radius 2 is 2.10 bits per heavy atom. The molecule has 1 heterocycles. The van der Waals surface area contributed by atoms with Crippen LogP contribution >= 0.6 is 0 Å². The Bertz CT molecular complexity index is 596. The van der Waals surface area contributed by atoms with Gasteiger partial charge >= 0.3 is 5.97 Å². The number of carbonyl (C=O) groups is 1. The van der Waals surface area contributed by atoms with Crippen LogP contribution in [-0.2, 0) is 9.53 Å². The van der Waals surface area contributed by atoms with Crippen LogP contribution in [0.2, 0.25) is 0 Å². The third kappa shape index (κ3) is 3.95. The predicted molar refractivity (Wildman–Crippen MR) is 78.4 cm³/mol. The zero-order valence-corrected chi connectivity index (χ0v) is 11.3. The second-order valence-corrected chi connectivity index (χ2v) is 4.03. The van der Waals surface area contributed by atoms with Gasteiger partial charge in [-0.15, -0.1) is 0 Å². The van der Waals surface area contributed by atoms with Crippen LogP contribution in [0, 0.1) is 0 Å². The minimum atomic E-state index is -0.326. The molecule has 0 atom stereocenters. The molecule has 0 saturated heterocycles. The number of allylic oxidation sites excluding steroid dienone is 2. The fourth-order valence-corrected chi connectivity index (χ4v) is 1.66.